The van der Waals surface area contributed by atoms with E-state index in [4.69, 9.17) is 0 Å². The topological polar surface area (TPSA) is 86.7 Å². The summed E-state index contributed by atoms with van der Waals surface area (Å²) in [6.07, 6.45) is 3.65. The van der Waals surface area contributed by atoms with E-state index in [-0.39, 0.29) is 29.3 Å². The fourth-order valence-corrected chi connectivity index (χ4v) is 4.30. The zero-order valence-corrected chi connectivity index (χ0v) is 14.5. The van der Waals surface area contributed by atoms with E-state index in [1.54, 1.807) is 19.1 Å². The van der Waals surface area contributed by atoms with Crippen molar-refractivity contribution in [2.75, 3.05) is 5.75 Å². The Morgan fingerprint density at radius 1 is 1.36 bits per heavy atom. The van der Waals surface area contributed by atoms with Gasteiger partial charge in [-0.15, -0.1) is 11.8 Å². The van der Waals surface area contributed by atoms with Crippen LogP contribution in [0, 0.1) is 0 Å². The maximum absolute atomic E-state index is 12.4. The maximum atomic E-state index is 12.4. The lowest BCUT2D eigenvalue weighted by Gasteiger charge is -2.49. The minimum absolute atomic E-state index is 0.0143. The van der Waals surface area contributed by atoms with Gasteiger partial charge in [0.15, 0.2) is 0 Å². The number of fused-ring (bicyclic) bond motifs is 1. The second-order valence-corrected chi connectivity index (χ2v) is 6.90. The lowest BCUT2D eigenvalue weighted by molar-refractivity contribution is -0.150. The smallest absolute Gasteiger partial charge is 0.352 e. The van der Waals surface area contributed by atoms with Crippen molar-refractivity contribution in [2.45, 2.75) is 24.8 Å². The lowest BCUT2D eigenvalue weighted by atomic mass is 10.0. The minimum atomic E-state index is -1.12. The van der Waals surface area contributed by atoms with Crippen molar-refractivity contribution in [3.8, 4) is 0 Å². The van der Waals surface area contributed by atoms with E-state index in [9.17, 15) is 19.5 Å². The Morgan fingerprint density at radius 3 is 2.72 bits per heavy atom. The van der Waals surface area contributed by atoms with E-state index in [1.807, 2.05) is 30.3 Å². The largest absolute Gasteiger partial charge is 0.477 e. The first kappa shape index (κ1) is 17.3. The summed E-state index contributed by atoms with van der Waals surface area (Å²) >= 11 is 1.46. The van der Waals surface area contributed by atoms with Crippen LogP contribution in [0.2, 0.25) is 0 Å². The standard InChI is InChI=1S/C18H18N2O4S/c1-2-6-12-10-25-17-14(16(22)20(17)15(12)18(23)24)19-13(21)9-11-7-4-3-5-8-11/h2-8,14,17H,9-10H2,1H3,(H,19,21)(H,23,24)/t14-,17+/m1/s1. The summed E-state index contributed by atoms with van der Waals surface area (Å²) in [7, 11) is 0. The first-order valence-electron chi connectivity index (χ1n) is 7.90. The van der Waals surface area contributed by atoms with E-state index < -0.39 is 12.0 Å². The summed E-state index contributed by atoms with van der Waals surface area (Å²) in [6, 6.07) is 8.58. The lowest BCUT2D eigenvalue weighted by Crippen LogP contribution is -2.70. The van der Waals surface area contributed by atoms with Crippen LogP contribution in [0.15, 0.2) is 53.8 Å². The molecule has 7 heteroatoms. The van der Waals surface area contributed by atoms with Gasteiger partial charge < -0.3 is 10.4 Å². The predicted molar refractivity (Wildman–Crippen MR) is 94.6 cm³/mol. The van der Waals surface area contributed by atoms with Gasteiger partial charge in [0, 0.05) is 5.75 Å². The zero-order valence-electron chi connectivity index (χ0n) is 13.6. The Morgan fingerprint density at radius 2 is 2.08 bits per heavy atom. The third-order valence-electron chi connectivity index (χ3n) is 4.09. The molecule has 0 radical (unpaired) electrons. The number of β-lactam (4-membered cyclic amide) rings is 1. The number of benzene rings is 1. The summed E-state index contributed by atoms with van der Waals surface area (Å²) in [5, 5.41) is 11.8. The van der Waals surface area contributed by atoms with Crippen LogP contribution in [-0.4, -0.2) is 45.0 Å². The van der Waals surface area contributed by atoms with Crippen molar-refractivity contribution in [1.29, 1.82) is 0 Å². The van der Waals surface area contributed by atoms with Crippen molar-refractivity contribution >= 4 is 29.5 Å². The number of hydrogen-bond donors (Lipinski definition) is 2. The third-order valence-corrected chi connectivity index (χ3v) is 5.39. The molecule has 2 N–H and O–H groups in total. The Balaban J connectivity index is 1.71. The number of carboxylic acids is 1. The molecule has 1 fully saturated rings. The molecule has 2 amide bonds. The van der Waals surface area contributed by atoms with Crippen LogP contribution in [0.1, 0.15) is 12.5 Å². The molecule has 2 aliphatic heterocycles. The Labute approximate surface area is 149 Å². The molecule has 1 saturated heterocycles. The Hall–Kier alpha value is -2.54. The van der Waals surface area contributed by atoms with Crippen molar-refractivity contribution in [1.82, 2.24) is 10.2 Å². The van der Waals surface area contributed by atoms with E-state index in [2.05, 4.69) is 5.32 Å². The molecule has 2 atom stereocenters. The van der Waals surface area contributed by atoms with Gasteiger partial charge in [-0.3, -0.25) is 14.5 Å². The molecule has 3 rings (SSSR count). The monoisotopic (exact) mass is 358 g/mol. The molecule has 0 spiro atoms. The molecule has 0 saturated carbocycles. The molecule has 25 heavy (non-hydrogen) atoms. The van der Waals surface area contributed by atoms with E-state index in [0.29, 0.717) is 11.3 Å². The highest BCUT2D eigenvalue weighted by molar-refractivity contribution is 8.00. The van der Waals surface area contributed by atoms with Crippen LogP contribution >= 0.6 is 11.8 Å². The van der Waals surface area contributed by atoms with Gasteiger partial charge >= 0.3 is 5.97 Å². The molecule has 1 aromatic rings. The van der Waals surface area contributed by atoms with Crippen LogP contribution in [0.25, 0.3) is 0 Å². The van der Waals surface area contributed by atoms with Gasteiger partial charge in [-0.25, -0.2) is 4.79 Å². The summed E-state index contributed by atoms with van der Waals surface area (Å²) in [5.74, 6) is -1.26. The number of nitrogens with zero attached hydrogens (tertiary/aromatic N) is 1. The number of amides is 2. The van der Waals surface area contributed by atoms with Gasteiger partial charge in [-0.05, 0) is 18.1 Å². The number of thioether (sulfide) groups is 1. The van der Waals surface area contributed by atoms with Crippen molar-refractivity contribution in [2.24, 2.45) is 0 Å². The molecule has 6 nitrogen and oxygen atoms in total. The summed E-state index contributed by atoms with van der Waals surface area (Å²) in [6.45, 7) is 1.80. The number of carbonyl (C=O) groups is 3. The first-order chi connectivity index (χ1) is 12.0. The van der Waals surface area contributed by atoms with Crippen molar-refractivity contribution < 1.29 is 19.5 Å². The molecule has 2 heterocycles. The SMILES string of the molecule is CC=CC1=C(C(=O)O)N2C(=O)[C@@H](NC(=O)Cc3ccccc3)[C@@H]2SC1. The fourth-order valence-electron chi connectivity index (χ4n) is 2.98. The summed E-state index contributed by atoms with van der Waals surface area (Å²) in [5.41, 5.74) is 1.49. The average Bonchev–Trinajstić information content (AvgIpc) is 2.60. The number of rotatable bonds is 5. The van der Waals surface area contributed by atoms with E-state index in [1.165, 1.54) is 16.7 Å². The first-order valence-corrected chi connectivity index (χ1v) is 8.95. The second-order valence-electron chi connectivity index (χ2n) is 5.80. The summed E-state index contributed by atoms with van der Waals surface area (Å²) in [4.78, 5) is 37.5. The molecular formula is C18H18N2O4S. The predicted octanol–water partition coefficient (Wildman–Crippen LogP) is 1.54. The number of carboxylic acid groups (broad SMARTS) is 1. The van der Waals surface area contributed by atoms with Gasteiger partial charge in [0.1, 0.15) is 17.1 Å². The number of allylic oxidation sites excluding steroid dienone is 2. The van der Waals surface area contributed by atoms with Crippen LogP contribution < -0.4 is 5.32 Å². The van der Waals surface area contributed by atoms with Gasteiger partial charge in [-0.2, -0.15) is 0 Å². The van der Waals surface area contributed by atoms with Gasteiger partial charge in [0.2, 0.25) is 5.91 Å². The number of carbonyl (C=O) groups excluding carboxylic acids is 2. The second kappa shape index (κ2) is 7.14. The quantitative estimate of drug-likeness (QED) is 0.780. The Kier molecular flexibility index (Phi) is 4.94. The minimum Gasteiger partial charge on any atom is -0.477 e. The molecule has 0 aliphatic carbocycles. The zero-order chi connectivity index (χ0) is 18.0. The molecule has 0 unspecified atom stereocenters. The summed E-state index contributed by atoms with van der Waals surface area (Å²) < 4.78 is 0. The molecule has 0 bridgehead atoms. The highest BCUT2D eigenvalue weighted by Crippen LogP contribution is 2.40. The maximum Gasteiger partial charge on any atom is 0.352 e. The molecule has 0 aromatic heterocycles. The van der Waals surface area contributed by atoms with Gasteiger partial charge in [0.25, 0.3) is 5.91 Å². The van der Waals surface area contributed by atoms with Crippen LogP contribution in [0.4, 0.5) is 0 Å². The fraction of sp³-hybridized carbons (Fsp3) is 0.278. The Bertz CT molecular complexity index is 773. The van der Waals surface area contributed by atoms with E-state index in [0.717, 1.165) is 5.56 Å². The third kappa shape index (κ3) is 3.32. The van der Waals surface area contributed by atoms with Gasteiger partial charge in [0.05, 0.1) is 6.42 Å². The van der Waals surface area contributed by atoms with Crippen molar-refractivity contribution in [3.05, 3.63) is 59.3 Å². The van der Waals surface area contributed by atoms with Crippen LogP contribution in [0.3, 0.4) is 0 Å². The molecular weight excluding hydrogens is 340 g/mol. The number of aliphatic carboxylic acids is 1. The van der Waals surface area contributed by atoms with Crippen LogP contribution in [0.5, 0.6) is 0 Å². The van der Waals surface area contributed by atoms with E-state index >= 15 is 0 Å². The highest BCUT2D eigenvalue weighted by Gasteiger charge is 2.53. The number of hydrogen-bond acceptors (Lipinski definition) is 4. The average molecular weight is 358 g/mol. The van der Waals surface area contributed by atoms with Crippen molar-refractivity contribution in [3.63, 3.8) is 0 Å². The molecule has 1 aromatic carbocycles. The normalized spacial score (nSPS) is 22.6. The molecule has 2 aliphatic rings. The number of nitrogens with one attached hydrogen (secondary N) is 1. The highest BCUT2D eigenvalue weighted by atomic mass is 32.2. The molecule has 130 valence electrons. The van der Waals surface area contributed by atoms with Gasteiger partial charge in [-0.1, -0.05) is 42.5 Å². The van der Waals surface area contributed by atoms with Crippen LogP contribution in [-0.2, 0) is 20.8 Å².